The molecule has 0 fully saturated rings. The van der Waals surface area contributed by atoms with Gasteiger partial charge in [0.05, 0.1) is 0 Å². The molecule has 2 N–H and O–H groups in total. The van der Waals surface area contributed by atoms with Gasteiger partial charge in [0, 0.05) is 13.5 Å². The number of Topliss-reactive ketones (excluding diaryl/α,β-unsaturated/α-hetero) is 1. The highest BCUT2D eigenvalue weighted by Gasteiger charge is 2.14. The summed E-state index contributed by atoms with van der Waals surface area (Å²) < 4.78 is 4.99. The fourth-order valence-electron chi connectivity index (χ4n) is 1.30. The molecule has 0 saturated heterocycles. The largest absolute Gasteiger partial charge is 0.504 e. The second-order valence-electron chi connectivity index (χ2n) is 3.36. The summed E-state index contributed by atoms with van der Waals surface area (Å²) >= 11 is 0. The van der Waals surface area contributed by atoms with Gasteiger partial charge >= 0.3 is 0 Å². The van der Waals surface area contributed by atoms with E-state index >= 15 is 0 Å². The molecule has 0 aromatic heterocycles. The number of rotatable bonds is 4. The number of carbonyl (C=O) groups is 1. The van der Waals surface area contributed by atoms with Gasteiger partial charge < -0.3 is 14.9 Å². The lowest BCUT2D eigenvalue weighted by molar-refractivity contribution is -0.126. The van der Waals surface area contributed by atoms with Crippen molar-refractivity contribution in [3.05, 3.63) is 23.8 Å². The van der Waals surface area contributed by atoms with Crippen LogP contribution < -0.4 is 0 Å². The molecule has 0 bridgehead atoms. The third-order valence-corrected chi connectivity index (χ3v) is 2.20. The van der Waals surface area contributed by atoms with E-state index in [2.05, 4.69) is 0 Å². The van der Waals surface area contributed by atoms with Crippen LogP contribution in [-0.2, 0) is 16.0 Å². The molecule has 1 atom stereocenters. The summed E-state index contributed by atoms with van der Waals surface area (Å²) in [5.74, 6) is -0.425. The minimum absolute atomic E-state index is 0.0648. The minimum atomic E-state index is -0.506. The number of benzene rings is 1. The lowest BCUT2D eigenvalue weighted by Gasteiger charge is -2.12. The third-order valence-electron chi connectivity index (χ3n) is 2.20. The standard InChI is InChI=1S/C11H14O4/c1-7(12)11(15-2)6-8-3-4-9(13)10(14)5-8/h3-5,11,13-14H,6H2,1-2H3/t11-/m1/s1. The molecule has 0 heterocycles. The Labute approximate surface area is 88.1 Å². The molecular weight excluding hydrogens is 196 g/mol. The summed E-state index contributed by atoms with van der Waals surface area (Å²) in [4.78, 5) is 11.1. The van der Waals surface area contributed by atoms with Gasteiger partial charge in [0.2, 0.25) is 0 Å². The first-order chi connectivity index (χ1) is 7.04. The van der Waals surface area contributed by atoms with E-state index < -0.39 is 6.10 Å². The Morgan fingerprint density at radius 3 is 2.53 bits per heavy atom. The van der Waals surface area contributed by atoms with E-state index in [1.807, 2.05) is 0 Å². The van der Waals surface area contributed by atoms with Crippen molar-refractivity contribution in [3.63, 3.8) is 0 Å². The highest BCUT2D eigenvalue weighted by Crippen LogP contribution is 2.25. The van der Waals surface area contributed by atoms with Crippen molar-refractivity contribution in [1.29, 1.82) is 0 Å². The lowest BCUT2D eigenvalue weighted by atomic mass is 10.0. The molecule has 0 saturated carbocycles. The Bertz CT molecular complexity index is 360. The minimum Gasteiger partial charge on any atom is -0.504 e. The predicted octanol–water partition coefficient (Wildman–Crippen LogP) is 1.24. The van der Waals surface area contributed by atoms with Crippen LogP contribution in [0.1, 0.15) is 12.5 Å². The maximum atomic E-state index is 11.1. The molecule has 0 aliphatic rings. The molecule has 1 aromatic carbocycles. The molecule has 0 spiro atoms. The van der Waals surface area contributed by atoms with Crippen molar-refractivity contribution in [2.45, 2.75) is 19.4 Å². The van der Waals surface area contributed by atoms with Crippen LogP contribution >= 0.6 is 0 Å². The Morgan fingerprint density at radius 2 is 2.07 bits per heavy atom. The number of ether oxygens (including phenoxy) is 1. The van der Waals surface area contributed by atoms with Crippen molar-refractivity contribution in [2.24, 2.45) is 0 Å². The van der Waals surface area contributed by atoms with Gasteiger partial charge in [-0.3, -0.25) is 4.79 Å². The van der Waals surface area contributed by atoms with E-state index in [4.69, 9.17) is 9.84 Å². The predicted molar refractivity (Wildman–Crippen MR) is 55.0 cm³/mol. The summed E-state index contributed by atoms with van der Waals surface area (Å²) in [5.41, 5.74) is 0.743. The van der Waals surface area contributed by atoms with Crippen molar-refractivity contribution in [1.82, 2.24) is 0 Å². The first-order valence-corrected chi connectivity index (χ1v) is 4.58. The Morgan fingerprint density at radius 1 is 1.40 bits per heavy atom. The van der Waals surface area contributed by atoms with Crippen LogP contribution in [0.4, 0.5) is 0 Å². The van der Waals surface area contributed by atoms with Crippen molar-refractivity contribution in [2.75, 3.05) is 7.11 Å². The van der Waals surface area contributed by atoms with Crippen molar-refractivity contribution < 1.29 is 19.7 Å². The van der Waals surface area contributed by atoms with Gasteiger partial charge in [-0.05, 0) is 24.6 Å². The number of carbonyl (C=O) groups excluding carboxylic acids is 1. The number of phenols is 2. The molecule has 82 valence electrons. The van der Waals surface area contributed by atoms with Crippen LogP contribution in [0.15, 0.2) is 18.2 Å². The lowest BCUT2D eigenvalue weighted by Crippen LogP contribution is -2.22. The first-order valence-electron chi connectivity index (χ1n) is 4.58. The molecular formula is C11H14O4. The number of hydrogen-bond donors (Lipinski definition) is 2. The molecule has 0 aliphatic heterocycles. The summed E-state index contributed by atoms with van der Waals surface area (Å²) in [6, 6.07) is 4.45. The van der Waals surface area contributed by atoms with E-state index in [1.54, 1.807) is 6.07 Å². The summed E-state index contributed by atoms with van der Waals surface area (Å²) in [5, 5.41) is 18.3. The van der Waals surface area contributed by atoms with Crippen LogP contribution in [0.3, 0.4) is 0 Å². The topological polar surface area (TPSA) is 66.8 Å². The zero-order valence-electron chi connectivity index (χ0n) is 8.73. The van der Waals surface area contributed by atoms with Crippen molar-refractivity contribution >= 4 is 5.78 Å². The van der Waals surface area contributed by atoms with Crippen LogP contribution in [0.2, 0.25) is 0 Å². The second kappa shape index (κ2) is 4.79. The molecule has 0 unspecified atom stereocenters. The van der Waals surface area contributed by atoms with Gasteiger partial charge in [0.15, 0.2) is 17.3 Å². The molecule has 1 aromatic rings. The first kappa shape index (κ1) is 11.5. The fourth-order valence-corrected chi connectivity index (χ4v) is 1.30. The second-order valence-corrected chi connectivity index (χ2v) is 3.36. The van der Waals surface area contributed by atoms with Gasteiger partial charge in [0.1, 0.15) is 6.10 Å². The molecule has 0 amide bonds. The van der Waals surface area contributed by atoms with Gasteiger partial charge in [0.25, 0.3) is 0 Å². The zero-order valence-corrected chi connectivity index (χ0v) is 8.73. The van der Waals surface area contributed by atoms with E-state index in [0.29, 0.717) is 6.42 Å². The summed E-state index contributed by atoms with van der Waals surface area (Å²) in [7, 11) is 1.46. The van der Waals surface area contributed by atoms with Crippen LogP contribution in [0, 0.1) is 0 Å². The Hall–Kier alpha value is -1.55. The quantitative estimate of drug-likeness (QED) is 0.734. The SMILES string of the molecule is CO[C@H](Cc1ccc(O)c(O)c1)C(C)=O. The smallest absolute Gasteiger partial charge is 0.158 e. The molecule has 0 aliphatic carbocycles. The highest BCUT2D eigenvalue weighted by molar-refractivity contribution is 5.80. The Kier molecular flexibility index (Phi) is 3.68. The van der Waals surface area contributed by atoms with E-state index in [9.17, 15) is 9.90 Å². The van der Waals surface area contributed by atoms with E-state index in [-0.39, 0.29) is 17.3 Å². The average Bonchev–Trinajstić information content (AvgIpc) is 2.19. The summed E-state index contributed by atoms with van der Waals surface area (Å²) in [6.45, 7) is 1.45. The van der Waals surface area contributed by atoms with Crippen LogP contribution in [0.25, 0.3) is 0 Å². The van der Waals surface area contributed by atoms with Crippen LogP contribution in [-0.4, -0.2) is 29.2 Å². The maximum absolute atomic E-state index is 11.1. The summed E-state index contributed by atoms with van der Waals surface area (Å²) in [6.07, 6.45) is -0.117. The number of hydrogen-bond acceptors (Lipinski definition) is 4. The number of ketones is 1. The molecule has 0 radical (unpaired) electrons. The normalized spacial score (nSPS) is 12.4. The van der Waals surface area contributed by atoms with Gasteiger partial charge in [-0.1, -0.05) is 6.07 Å². The number of aromatic hydroxyl groups is 2. The molecule has 4 heteroatoms. The molecule has 1 rings (SSSR count). The van der Waals surface area contributed by atoms with Gasteiger partial charge in [-0.15, -0.1) is 0 Å². The number of phenolic OH excluding ortho intramolecular Hbond substituents is 2. The van der Waals surface area contributed by atoms with E-state index in [0.717, 1.165) is 5.56 Å². The van der Waals surface area contributed by atoms with Gasteiger partial charge in [-0.2, -0.15) is 0 Å². The third kappa shape index (κ3) is 2.95. The van der Waals surface area contributed by atoms with Crippen LogP contribution in [0.5, 0.6) is 11.5 Å². The molecule has 15 heavy (non-hydrogen) atoms. The Balaban J connectivity index is 2.80. The van der Waals surface area contributed by atoms with E-state index in [1.165, 1.54) is 26.2 Å². The monoisotopic (exact) mass is 210 g/mol. The maximum Gasteiger partial charge on any atom is 0.158 e. The highest BCUT2D eigenvalue weighted by atomic mass is 16.5. The van der Waals surface area contributed by atoms with Gasteiger partial charge in [-0.25, -0.2) is 0 Å². The molecule has 4 nitrogen and oxygen atoms in total. The average molecular weight is 210 g/mol. The van der Waals surface area contributed by atoms with Crippen molar-refractivity contribution in [3.8, 4) is 11.5 Å². The number of methoxy groups -OCH3 is 1. The fraction of sp³-hybridized carbons (Fsp3) is 0.364. The zero-order chi connectivity index (χ0) is 11.4.